The molecule has 0 aliphatic heterocycles. The minimum atomic E-state index is -4.47. The van der Waals surface area contributed by atoms with Gasteiger partial charge in [-0.1, -0.05) is 0 Å². The molecule has 26 heteroatoms. The van der Waals surface area contributed by atoms with E-state index < -0.39 is 53.0 Å². The van der Waals surface area contributed by atoms with Gasteiger partial charge in [0.25, 0.3) is 0 Å². The molecule has 14 nitrogen and oxygen atoms in total. The Morgan fingerprint density at radius 1 is 0.575 bits per heavy atom. The van der Waals surface area contributed by atoms with Crippen LogP contribution in [0.2, 0.25) is 0 Å². The molecule has 0 fully saturated rings. The van der Waals surface area contributed by atoms with Crippen molar-refractivity contribution in [2.24, 2.45) is 0 Å². The fourth-order valence-electron chi connectivity index (χ4n) is 1.87. The molecule has 0 unspecified atom stereocenters. The van der Waals surface area contributed by atoms with Crippen LogP contribution >= 0.6 is 47.0 Å². The third-order valence-corrected chi connectivity index (χ3v) is 9.08. The van der Waals surface area contributed by atoms with Crippen molar-refractivity contribution in [2.75, 3.05) is 34.5 Å². The summed E-state index contributed by atoms with van der Waals surface area (Å²) in [5, 5.41) is 21.4. The molecule has 0 atom stereocenters. The van der Waals surface area contributed by atoms with E-state index in [9.17, 15) is 36.2 Å². The number of aromatic hydroxyl groups is 2. The van der Waals surface area contributed by atoms with Crippen LogP contribution in [0.1, 0.15) is 0 Å². The van der Waals surface area contributed by atoms with Crippen molar-refractivity contribution in [1.82, 2.24) is 0 Å². The van der Waals surface area contributed by atoms with Gasteiger partial charge >= 0.3 is 139 Å². The predicted molar refractivity (Wildman–Crippen MR) is 132 cm³/mol. The van der Waals surface area contributed by atoms with E-state index in [1.165, 1.54) is 0 Å². The fourth-order valence-corrected chi connectivity index (χ4v) is 7.69. The van der Waals surface area contributed by atoms with E-state index in [1.54, 1.807) is 0 Å². The van der Waals surface area contributed by atoms with Gasteiger partial charge in [0.1, 0.15) is 11.5 Å². The van der Waals surface area contributed by atoms with Gasteiger partial charge in [-0.15, -0.1) is 60.3 Å². The number of phenols is 2. The Bertz CT molecular complexity index is 1190. The average Bonchev–Trinajstić information content (AvgIpc) is 2.67. The number of hydrogen-bond donors (Lipinski definition) is 2. The summed E-state index contributed by atoms with van der Waals surface area (Å²) in [7, 11) is -15.2. The van der Waals surface area contributed by atoms with Gasteiger partial charge in [0.2, 0.25) is 0 Å². The van der Waals surface area contributed by atoms with Crippen molar-refractivity contribution in [2.45, 2.75) is 19.6 Å². The number of phenolic OH excluding ortho intramolecular Hbond substituents is 2. The van der Waals surface area contributed by atoms with E-state index in [0.717, 1.165) is 47.0 Å². The summed E-state index contributed by atoms with van der Waals surface area (Å²) in [4.78, 5) is 0.876. The van der Waals surface area contributed by atoms with E-state index in [2.05, 4.69) is 13.8 Å². The van der Waals surface area contributed by atoms with Crippen LogP contribution in [-0.4, -0.2) is 95.9 Å². The molecule has 0 radical (unpaired) electrons. The molecule has 0 aliphatic rings. The Morgan fingerprint density at radius 2 is 0.775 bits per heavy atom. The Morgan fingerprint density at radius 3 is 0.950 bits per heavy atom. The molecule has 0 saturated heterocycles. The second kappa shape index (κ2) is 29.7. The van der Waals surface area contributed by atoms with Crippen LogP contribution in [0.25, 0.3) is 0 Å². The van der Waals surface area contributed by atoms with Crippen LogP contribution < -0.4 is 118 Å². The smallest absolute Gasteiger partial charge is 0.748 e. The van der Waals surface area contributed by atoms with E-state index in [-0.39, 0.29) is 151 Å². The summed E-state index contributed by atoms with van der Waals surface area (Å²) in [6.07, 6.45) is 0. The van der Waals surface area contributed by atoms with Crippen molar-refractivity contribution in [3.05, 3.63) is 13.8 Å². The Labute approximate surface area is 341 Å². The number of rotatable bonds is 12. The van der Waals surface area contributed by atoms with E-state index in [0.29, 0.717) is 21.3 Å². The molecule has 0 spiro atoms. The first-order valence-corrected chi connectivity index (χ1v) is 17.6. The summed E-state index contributed by atoms with van der Waals surface area (Å²) in [6.45, 7) is 7.37. The molecule has 0 amide bonds. The maximum Gasteiger partial charge on any atom is 1.00 e. The van der Waals surface area contributed by atoms with Gasteiger partial charge in [-0.2, -0.15) is 23.5 Å². The quantitative estimate of drug-likeness (QED) is 0.0659. The third-order valence-electron chi connectivity index (χ3n) is 2.93. The largest absolute Gasteiger partial charge is 1.00 e. The summed E-state index contributed by atoms with van der Waals surface area (Å²) in [5.74, 6) is -1.54. The maximum atomic E-state index is 10.8. The zero-order valence-corrected chi connectivity index (χ0v) is 36.2. The number of thioether (sulfide) groups is 4. The van der Waals surface area contributed by atoms with Crippen molar-refractivity contribution < 1.29 is 180 Å². The maximum absolute atomic E-state index is 10.8. The Balaban J connectivity index is -0.000000212. The predicted octanol–water partition coefficient (Wildman–Crippen LogP) is -11.8. The molecule has 0 saturated carbocycles. The minimum Gasteiger partial charge on any atom is -0.748 e. The first kappa shape index (κ1) is 55.7. The first-order valence-electron chi connectivity index (χ1n) is 8.50. The van der Waals surface area contributed by atoms with Crippen LogP contribution in [0.3, 0.4) is 0 Å². The molecule has 0 aromatic heterocycles. The van der Waals surface area contributed by atoms with Gasteiger partial charge < -0.3 is 33.2 Å². The van der Waals surface area contributed by atoms with Crippen molar-refractivity contribution in [3.63, 3.8) is 0 Å². The van der Waals surface area contributed by atoms with Crippen molar-refractivity contribution in [3.8, 4) is 11.5 Å². The fraction of sp³-hybridized carbons (Fsp3) is 0.429. The number of hydrogen-bond acceptors (Lipinski definition) is 18. The van der Waals surface area contributed by atoms with Crippen LogP contribution in [-0.2, 0) is 41.5 Å². The summed E-state index contributed by atoms with van der Waals surface area (Å²) in [6, 6.07) is 0. The van der Waals surface area contributed by atoms with Gasteiger partial charge in [0.15, 0.2) is 0 Å². The topological polar surface area (TPSA) is 257 Å². The molecule has 210 valence electrons. The van der Waals surface area contributed by atoms with Gasteiger partial charge in [-0.25, -0.2) is 16.8 Å². The molecule has 40 heavy (non-hydrogen) atoms. The van der Waals surface area contributed by atoms with Crippen LogP contribution in [0.5, 0.6) is 11.5 Å². The summed E-state index contributed by atoms with van der Waals surface area (Å²) in [5.41, 5.74) is 0. The molecule has 1 aromatic rings. The standard InChI is InChI=1S/C14H20O8S6.4Na.2O3S/c1-3-23-11-9(15)13(25-5-7-27(17,18)19)14(10(16)12(11)24-4-2)26-6-8-28(20,21)22;;;;;2*1-4(2)3/h15-16H,1-8H2,(H,17,18,19)(H,20,21,22);;;;;;/q-2;4*+1;;/p-2. The SMILES string of the molecule is O=S(=O)=O.O=S(=O)=O.[CH2-]CSc1c(O)c(SCCS(=O)(=O)[O-])c(SCCS(=O)(=O)[O-])c(O)c1SC[CH2-].[Na+].[Na+].[Na+].[Na+]. The monoisotopic (exact) mass is 758 g/mol. The van der Waals surface area contributed by atoms with E-state index in [1.807, 2.05) is 0 Å². The van der Waals surface area contributed by atoms with Crippen LogP contribution in [0.4, 0.5) is 0 Å². The molecule has 2 N–H and O–H groups in total. The van der Waals surface area contributed by atoms with Crippen molar-refractivity contribution >= 4 is 88.5 Å². The minimum absolute atomic E-state index is 0. The van der Waals surface area contributed by atoms with Gasteiger partial charge in [0.05, 0.1) is 39.8 Å². The summed E-state index contributed by atoms with van der Waals surface area (Å²) < 4.78 is 116. The molecular weight excluding hydrogens is 741 g/mol. The number of benzene rings is 1. The zero-order valence-electron chi connectivity index (χ0n) is 21.7. The van der Waals surface area contributed by atoms with Crippen LogP contribution in [0.15, 0.2) is 19.6 Å². The van der Waals surface area contributed by atoms with Crippen molar-refractivity contribution in [1.29, 1.82) is 0 Å². The molecule has 1 aromatic carbocycles. The van der Waals surface area contributed by atoms with E-state index in [4.69, 9.17) is 25.3 Å². The molecule has 1 rings (SSSR count). The van der Waals surface area contributed by atoms with E-state index >= 15 is 0 Å². The molecule has 0 heterocycles. The van der Waals surface area contributed by atoms with Gasteiger partial charge in [-0.3, -0.25) is 0 Å². The Kier molecular flexibility index (Phi) is 41.3. The summed E-state index contributed by atoms with van der Waals surface area (Å²) >= 11 is 4.00. The molecular formula is C14H18Na4O14S8. The second-order valence-corrected chi connectivity index (χ2v) is 13.6. The average molecular weight is 759 g/mol. The van der Waals surface area contributed by atoms with Gasteiger partial charge in [0, 0.05) is 23.0 Å². The molecule has 0 aliphatic carbocycles. The molecule has 0 bridgehead atoms. The zero-order chi connectivity index (χ0) is 28.7. The third kappa shape index (κ3) is 30.0. The second-order valence-electron chi connectivity index (χ2n) is 5.34. The van der Waals surface area contributed by atoms with Gasteiger partial charge in [-0.05, 0) is 0 Å². The Hall–Kier alpha value is 3.28. The van der Waals surface area contributed by atoms with Crippen LogP contribution in [0, 0.1) is 13.8 Å². The normalized spacial score (nSPS) is 9.90. The first-order chi connectivity index (χ1) is 16.4.